The van der Waals surface area contributed by atoms with E-state index in [1.54, 1.807) is 57.5 Å². The number of hydrogen-bond donors (Lipinski definition) is 4. The van der Waals surface area contributed by atoms with Crippen molar-refractivity contribution in [2.24, 2.45) is 5.92 Å². The van der Waals surface area contributed by atoms with Gasteiger partial charge in [0.1, 0.15) is 11.5 Å². The maximum atomic E-state index is 13.7. The average molecular weight is 1190 g/mol. The fraction of sp³-hybridized carbons (Fsp3) is 0.452. The Hall–Kier alpha value is -7.08. The van der Waals surface area contributed by atoms with Crippen LogP contribution in [0.25, 0.3) is 50.4 Å². The third-order valence-corrected chi connectivity index (χ3v) is 19.8. The monoisotopic (exact) mass is 1190 g/mol. The first kappa shape index (κ1) is 61.5. The molecular formula is C62H78N8O12S2. The molecule has 1 atom stereocenters. The van der Waals surface area contributed by atoms with Crippen molar-refractivity contribution in [1.82, 2.24) is 37.0 Å². The van der Waals surface area contributed by atoms with Crippen molar-refractivity contribution in [2.45, 2.75) is 95.6 Å². The highest BCUT2D eigenvalue weighted by atomic mass is 32.2. The van der Waals surface area contributed by atoms with E-state index >= 15 is 0 Å². The molecule has 0 saturated heterocycles. The van der Waals surface area contributed by atoms with Crippen LogP contribution in [0, 0.1) is 5.92 Å². The number of nitrogens with one attached hydrogen (secondary N) is 2. The van der Waals surface area contributed by atoms with Gasteiger partial charge >= 0.3 is 20.4 Å². The molecule has 4 amide bonds. The van der Waals surface area contributed by atoms with Crippen molar-refractivity contribution in [3.8, 4) is 34.0 Å². The number of aromatic nitrogens is 2. The lowest BCUT2D eigenvalue weighted by atomic mass is 9.81. The second-order valence-electron chi connectivity index (χ2n) is 22.8. The van der Waals surface area contributed by atoms with E-state index in [2.05, 4.69) is 24.6 Å². The summed E-state index contributed by atoms with van der Waals surface area (Å²) >= 11 is 0. The van der Waals surface area contributed by atoms with Gasteiger partial charge in [-0.05, 0) is 133 Å². The van der Waals surface area contributed by atoms with Crippen LogP contribution in [0.1, 0.15) is 119 Å². The Morgan fingerprint density at radius 3 is 1.57 bits per heavy atom. The highest BCUT2D eigenvalue weighted by molar-refractivity contribution is 7.88. The summed E-state index contributed by atoms with van der Waals surface area (Å²) in [7, 11) is 4.07. The first-order chi connectivity index (χ1) is 40.1. The number of benzene rings is 4. The molecule has 6 aromatic rings. The largest absolute Gasteiger partial charge is 0.497 e. The lowest BCUT2D eigenvalue weighted by Crippen LogP contribution is -2.39. The second kappa shape index (κ2) is 25.6. The summed E-state index contributed by atoms with van der Waals surface area (Å²) in [6.45, 7) is 0.765. The minimum absolute atomic E-state index is 0.0716. The van der Waals surface area contributed by atoms with Crippen molar-refractivity contribution in [3.05, 3.63) is 112 Å². The average Bonchev–Trinajstić information content (AvgIpc) is 2.62. The number of hydrogen-bond acceptors (Lipinski definition) is 12. The van der Waals surface area contributed by atoms with Gasteiger partial charge in [0.2, 0.25) is 5.91 Å². The zero-order valence-electron chi connectivity index (χ0n) is 49.2. The number of aliphatic hydroxyl groups excluding tert-OH is 2. The van der Waals surface area contributed by atoms with Gasteiger partial charge in [0.25, 0.3) is 17.7 Å². The Morgan fingerprint density at radius 2 is 1.07 bits per heavy atom. The molecule has 84 heavy (non-hydrogen) atoms. The summed E-state index contributed by atoms with van der Waals surface area (Å²) < 4.78 is 71.1. The molecule has 2 aliphatic heterocycles. The van der Waals surface area contributed by atoms with Gasteiger partial charge in [-0.25, -0.2) is 9.44 Å². The zero-order chi connectivity index (χ0) is 60.4. The maximum absolute atomic E-state index is 13.7. The standard InChI is InChI=1S/C31H40N4O6S.C31H38N4O6S/c2*1-33(2)42(39,40)32-30(37)21-10-12-26-27(18-21)35-19-23(31(38)34(3)14-15-36)16-22-17-24(41-4)11-13-25(22)29(35)28(26)20-8-6-5-7-9-20/h10-13,17-18,20,23,36H,5-9,14-16,19H2,1-4H3,(H,32,37);10-13,16-18,20,36H,5-9,14-15,19H2,1-4H3,(H,32,37). The molecule has 0 bridgehead atoms. The first-order valence-corrected chi connectivity index (χ1v) is 31.6. The Labute approximate surface area is 492 Å². The van der Waals surface area contributed by atoms with E-state index < -0.39 is 38.2 Å². The molecule has 22 heteroatoms. The molecule has 4 aliphatic rings. The SMILES string of the molecule is COc1ccc2c(c1)C=C(C(=O)N(C)CCO)Cn1c-2c(C2CCCCC2)c2ccc(C(=O)NS(=O)(=O)N(C)C)cc21.COc1ccc2c(c1)CC(C(=O)N(C)CCO)Cn1c-2c(C2CCCCC2)c2ccc(C(=O)NS(=O)(=O)N(C)C)cc21. The smallest absolute Gasteiger partial charge is 0.303 e. The predicted molar refractivity (Wildman–Crippen MR) is 324 cm³/mol. The van der Waals surface area contributed by atoms with Crippen LogP contribution in [-0.2, 0) is 49.5 Å². The molecule has 0 spiro atoms. The summed E-state index contributed by atoms with van der Waals surface area (Å²) in [6.07, 6.45) is 13.5. The molecule has 2 fully saturated rings. The van der Waals surface area contributed by atoms with Crippen molar-refractivity contribution >= 4 is 71.9 Å². The predicted octanol–water partition coefficient (Wildman–Crippen LogP) is 7.27. The number of nitrogens with zero attached hydrogens (tertiary/aromatic N) is 6. The topological polar surface area (TPSA) is 242 Å². The van der Waals surface area contributed by atoms with Gasteiger partial charge in [0, 0.05) is 112 Å². The van der Waals surface area contributed by atoms with Crippen LogP contribution in [-0.4, -0.2) is 161 Å². The Balaban J connectivity index is 0.000000202. The van der Waals surface area contributed by atoms with Crippen molar-refractivity contribution in [3.63, 3.8) is 0 Å². The lowest BCUT2D eigenvalue weighted by molar-refractivity contribution is -0.135. The Morgan fingerprint density at radius 1 is 0.595 bits per heavy atom. The third-order valence-electron chi connectivity index (χ3n) is 17.0. The van der Waals surface area contributed by atoms with Gasteiger partial charge in [-0.15, -0.1) is 0 Å². The van der Waals surface area contributed by atoms with Crippen LogP contribution in [0.15, 0.2) is 78.4 Å². The minimum Gasteiger partial charge on any atom is -0.497 e. The second-order valence-corrected chi connectivity index (χ2v) is 26.5. The molecule has 2 aliphatic carbocycles. The molecule has 2 aromatic heterocycles. The summed E-state index contributed by atoms with van der Waals surface area (Å²) in [4.78, 5) is 56.6. The third kappa shape index (κ3) is 12.5. The van der Waals surface area contributed by atoms with Gasteiger partial charge in [-0.1, -0.05) is 50.7 Å². The zero-order valence-corrected chi connectivity index (χ0v) is 50.9. The van der Waals surface area contributed by atoms with Crippen molar-refractivity contribution < 1.29 is 55.7 Å². The summed E-state index contributed by atoms with van der Waals surface area (Å²) in [5, 5.41) is 21.0. The Kier molecular flexibility index (Phi) is 18.8. The van der Waals surface area contributed by atoms with Crippen molar-refractivity contribution in [2.75, 3.05) is 82.8 Å². The van der Waals surface area contributed by atoms with Gasteiger partial charge in [-0.2, -0.15) is 25.4 Å². The van der Waals surface area contributed by atoms with E-state index in [9.17, 15) is 46.2 Å². The molecule has 4 aromatic carbocycles. The molecule has 10 rings (SSSR count). The van der Waals surface area contributed by atoms with Gasteiger partial charge in [0.15, 0.2) is 0 Å². The molecular weight excluding hydrogens is 1110 g/mol. The fourth-order valence-electron chi connectivity index (χ4n) is 12.5. The molecule has 20 nitrogen and oxygen atoms in total. The van der Waals surface area contributed by atoms with E-state index in [-0.39, 0.29) is 55.8 Å². The van der Waals surface area contributed by atoms with Gasteiger partial charge in [0.05, 0.1) is 51.3 Å². The summed E-state index contributed by atoms with van der Waals surface area (Å²) in [6, 6.07) is 22.5. The van der Waals surface area contributed by atoms with E-state index in [0.717, 1.165) is 115 Å². The van der Waals surface area contributed by atoms with Gasteiger partial charge < -0.3 is 38.6 Å². The quantitative estimate of drug-likeness (QED) is 0.0748. The van der Waals surface area contributed by atoms with Crippen LogP contribution in [0.5, 0.6) is 11.5 Å². The molecule has 1 unspecified atom stereocenters. The van der Waals surface area contributed by atoms with Crippen LogP contribution in [0.4, 0.5) is 0 Å². The number of fused-ring (bicyclic) bond motifs is 10. The molecule has 450 valence electrons. The van der Waals surface area contributed by atoms with Crippen molar-refractivity contribution in [1.29, 1.82) is 0 Å². The van der Waals surface area contributed by atoms with E-state index in [0.29, 0.717) is 41.9 Å². The van der Waals surface area contributed by atoms with Gasteiger partial charge in [-0.3, -0.25) is 19.2 Å². The fourth-order valence-corrected chi connectivity index (χ4v) is 13.6. The normalized spacial score (nSPS) is 16.5. The molecule has 4 N–H and O–H groups in total. The van der Waals surface area contributed by atoms with Crippen LogP contribution in [0.3, 0.4) is 0 Å². The van der Waals surface area contributed by atoms with E-state index in [1.165, 1.54) is 57.1 Å². The number of aliphatic hydroxyl groups is 2. The number of rotatable bonds is 16. The molecule has 2 saturated carbocycles. The minimum atomic E-state index is -3.98. The molecule has 0 radical (unpaired) electrons. The number of carbonyl (C=O) groups excluding carboxylic acids is 4. The maximum Gasteiger partial charge on any atom is 0.303 e. The lowest BCUT2D eigenvalue weighted by Gasteiger charge is -2.24. The highest BCUT2D eigenvalue weighted by Crippen LogP contribution is 2.49. The van der Waals surface area contributed by atoms with E-state index in [1.807, 2.05) is 48.5 Å². The first-order valence-electron chi connectivity index (χ1n) is 28.7. The Bertz CT molecular complexity index is 3740. The number of methoxy groups -OCH3 is 2. The number of ether oxygens (including phenoxy) is 2. The summed E-state index contributed by atoms with van der Waals surface area (Å²) in [5.74, 6) is -0.131. The number of amides is 4. The highest BCUT2D eigenvalue weighted by Gasteiger charge is 2.36. The summed E-state index contributed by atoms with van der Waals surface area (Å²) in [5.41, 5.74) is 10.8. The van der Waals surface area contributed by atoms with Crippen LogP contribution in [0.2, 0.25) is 0 Å². The van der Waals surface area contributed by atoms with Crippen LogP contribution >= 0.6 is 0 Å². The van der Waals surface area contributed by atoms with Crippen LogP contribution < -0.4 is 18.9 Å². The van der Waals surface area contributed by atoms with E-state index in [4.69, 9.17) is 9.47 Å². The molecule has 4 heterocycles. The number of carbonyl (C=O) groups is 4. The number of likely N-dealkylation sites (N-methyl/N-ethyl adjacent to an activating group) is 2.